The van der Waals surface area contributed by atoms with Gasteiger partial charge >= 0.3 is 12.6 Å². The highest BCUT2D eigenvalue weighted by atomic mass is 32.1. The van der Waals surface area contributed by atoms with Crippen molar-refractivity contribution in [2.45, 2.75) is 31.1 Å². The van der Waals surface area contributed by atoms with E-state index in [2.05, 4.69) is 39.8 Å². The first-order valence-corrected chi connectivity index (χ1v) is 14.7. The van der Waals surface area contributed by atoms with Gasteiger partial charge in [-0.3, -0.25) is 9.59 Å². The van der Waals surface area contributed by atoms with E-state index in [1.54, 1.807) is 12.1 Å². The average molecular weight is 660 g/mol. The lowest BCUT2D eigenvalue weighted by Gasteiger charge is -2.53. The molecule has 8 rings (SSSR count). The SMILES string of the molecule is COc1ccc2nc(N3C4CNCC3C4)sc2c1C(=O)Nc1cc2c(cc1C(=O)Nc1ccc3c(c1)OC(F)(F)O3)OC(F)(F)O2. The van der Waals surface area contributed by atoms with Gasteiger partial charge < -0.3 is 44.5 Å². The van der Waals surface area contributed by atoms with Gasteiger partial charge in [0.2, 0.25) is 0 Å². The number of methoxy groups -OCH3 is 1. The molecule has 2 atom stereocenters. The first-order valence-electron chi connectivity index (χ1n) is 13.9. The number of benzene rings is 3. The number of carbonyl (C=O) groups excluding carboxylic acids is 2. The number of piperidine rings is 1. The second-order valence-electron chi connectivity index (χ2n) is 10.8. The van der Waals surface area contributed by atoms with Crippen molar-refractivity contribution in [2.75, 3.05) is 35.7 Å². The van der Waals surface area contributed by atoms with Gasteiger partial charge in [0.15, 0.2) is 28.1 Å². The zero-order valence-corrected chi connectivity index (χ0v) is 24.3. The number of anilines is 3. The molecule has 4 aromatic rings. The van der Waals surface area contributed by atoms with Crippen molar-refractivity contribution in [1.82, 2.24) is 10.3 Å². The quantitative estimate of drug-likeness (QED) is 0.243. The van der Waals surface area contributed by atoms with E-state index in [4.69, 9.17) is 9.72 Å². The van der Waals surface area contributed by atoms with E-state index in [0.29, 0.717) is 22.3 Å². The fourth-order valence-electron chi connectivity index (χ4n) is 5.95. The molecule has 2 fully saturated rings. The number of ether oxygens (including phenoxy) is 5. The van der Waals surface area contributed by atoms with Crippen LogP contribution in [0.25, 0.3) is 10.2 Å². The maximum Gasteiger partial charge on any atom is 0.586 e. The molecule has 4 aliphatic rings. The molecule has 0 spiro atoms. The van der Waals surface area contributed by atoms with Gasteiger partial charge in [-0.25, -0.2) is 4.98 Å². The zero-order valence-electron chi connectivity index (χ0n) is 23.5. The Bertz CT molecular complexity index is 1940. The van der Waals surface area contributed by atoms with Crippen LogP contribution in [-0.4, -0.2) is 61.7 Å². The van der Waals surface area contributed by atoms with Crippen molar-refractivity contribution in [3.8, 4) is 28.7 Å². The number of amides is 2. The summed E-state index contributed by atoms with van der Waals surface area (Å²) in [6, 6.07) is 9.47. The molecule has 2 bridgehead atoms. The Hall–Kier alpha value is -5.03. The lowest BCUT2D eigenvalue weighted by Crippen LogP contribution is -2.68. The van der Waals surface area contributed by atoms with E-state index in [9.17, 15) is 27.2 Å². The van der Waals surface area contributed by atoms with Gasteiger partial charge in [0.05, 0.1) is 28.6 Å². The number of hydrogen-bond acceptors (Lipinski definition) is 11. The number of nitrogens with one attached hydrogen (secondary N) is 3. The predicted octanol–water partition coefficient (Wildman–Crippen LogP) is 5.00. The second kappa shape index (κ2) is 9.98. The average Bonchev–Trinajstić information content (AvgIpc) is 3.65. The highest BCUT2D eigenvalue weighted by Gasteiger charge is 2.46. The molecule has 238 valence electrons. The summed E-state index contributed by atoms with van der Waals surface area (Å²) in [7, 11) is 1.40. The maximum atomic E-state index is 14.0. The summed E-state index contributed by atoms with van der Waals surface area (Å²) < 4.78 is 78.9. The molecule has 0 saturated carbocycles. The summed E-state index contributed by atoms with van der Waals surface area (Å²) in [5.41, 5.74) is 0.189. The van der Waals surface area contributed by atoms with Crippen molar-refractivity contribution < 1.29 is 50.8 Å². The Kier molecular flexibility index (Phi) is 6.17. The molecule has 1 aromatic heterocycles. The van der Waals surface area contributed by atoms with Gasteiger partial charge in [0.1, 0.15) is 11.3 Å². The van der Waals surface area contributed by atoms with Crippen LogP contribution in [0, 0.1) is 0 Å². The summed E-state index contributed by atoms with van der Waals surface area (Å²) in [5, 5.41) is 9.24. The predicted molar refractivity (Wildman–Crippen MR) is 155 cm³/mol. The van der Waals surface area contributed by atoms with Gasteiger partial charge in [-0.05, 0) is 36.8 Å². The van der Waals surface area contributed by atoms with Crippen molar-refractivity contribution >= 4 is 49.9 Å². The number of carbonyl (C=O) groups is 2. The van der Waals surface area contributed by atoms with Crippen LogP contribution in [0.1, 0.15) is 27.1 Å². The molecule has 17 heteroatoms. The largest absolute Gasteiger partial charge is 0.586 e. The van der Waals surface area contributed by atoms with Crippen LogP contribution in [0.5, 0.6) is 28.7 Å². The van der Waals surface area contributed by atoms with Gasteiger partial charge in [-0.2, -0.15) is 0 Å². The highest BCUT2D eigenvalue weighted by Crippen LogP contribution is 2.46. The molecule has 4 aliphatic heterocycles. The number of fused-ring (bicyclic) bond motifs is 5. The number of piperazine rings is 1. The van der Waals surface area contributed by atoms with Crippen LogP contribution in [0.2, 0.25) is 0 Å². The fourth-order valence-corrected chi connectivity index (χ4v) is 7.19. The smallest absolute Gasteiger partial charge is 0.496 e. The lowest BCUT2D eigenvalue weighted by molar-refractivity contribution is -0.287. The molecule has 0 aliphatic carbocycles. The van der Waals surface area contributed by atoms with Crippen LogP contribution in [0.4, 0.5) is 34.1 Å². The van der Waals surface area contributed by atoms with Crippen molar-refractivity contribution in [2.24, 2.45) is 0 Å². The summed E-state index contributed by atoms with van der Waals surface area (Å²) >= 11 is 1.32. The molecular weight excluding hydrogens is 638 g/mol. The molecule has 46 heavy (non-hydrogen) atoms. The Morgan fingerprint density at radius 2 is 1.59 bits per heavy atom. The third-order valence-electron chi connectivity index (χ3n) is 7.96. The number of nitrogens with zero attached hydrogens (tertiary/aromatic N) is 2. The molecule has 0 radical (unpaired) electrons. The molecule has 3 N–H and O–H groups in total. The molecule has 2 unspecified atom stereocenters. The monoisotopic (exact) mass is 659 g/mol. The first-order chi connectivity index (χ1) is 22.0. The standard InChI is InChI=1S/C29H21F4N5O7S/c1-41-19-5-3-16-24(46-27(37-16)38-13-7-14(38)11-34-10-13)23(19)26(40)36-17-9-22-21(44-29(32,33)45-22)8-15(17)25(39)35-12-2-4-18-20(6-12)43-28(30,31)42-18/h2-6,8-9,13-14,34H,7,10-11H2,1H3,(H,35,39)(H,36,40). The van der Waals surface area contributed by atoms with Gasteiger partial charge in [0, 0.05) is 43.0 Å². The minimum absolute atomic E-state index is 0.0138. The minimum atomic E-state index is -4.01. The summed E-state index contributed by atoms with van der Waals surface area (Å²) in [6.45, 7) is 1.66. The summed E-state index contributed by atoms with van der Waals surface area (Å²) in [6.07, 6.45) is -6.84. The fraction of sp³-hybridized carbons (Fsp3) is 0.276. The van der Waals surface area contributed by atoms with Crippen LogP contribution in [0.15, 0.2) is 42.5 Å². The van der Waals surface area contributed by atoms with E-state index >= 15 is 0 Å². The Morgan fingerprint density at radius 3 is 2.28 bits per heavy atom. The Morgan fingerprint density at radius 1 is 0.913 bits per heavy atom. The van der Waals surface area contributed by atoms with E-state index in [0.717, 1.165) is 48.9 Å². The summed E-state index contributed by atoms with van der Waals surface area (Å²) in [4.78, 5) is 34.4. The van der Waals surface area contributed by atoms with E-state index in [1.165, 1.54) is 24.5 Å². The third kappa shape index (κ3) is 4.73. The highest BCUT2D eigenvalue weighted by molar-refractivity contribution is 7.22. The number of hydrogen-bond donors (Lipinski definition) is 3. The summed E-state index contributed by atoms with van der Waals surface area (Å²) in [5.74, 6) is -2.85. The van der Waals surface area contributed by atoms with Crippen molar-refractivity contribution in [3.63, 3.8) is 0 Å². The van der Waals surface area contributed by atoms with Crippen LogP contribution in [0.3, 0.4) is 0 Å². The molecule has 12 nitrogen and oxygen atoms in total. The Balaban J connectivity index is 1.13. The van der Waals surface area contributed by atoms with E-state index in [-0.39, 0.29) is 39.8 Å². The van der Waals surface area contributed by atoms with Gasteiger partial charge in [0.25, 0.3) is 11.8 Å². The molecular formula is C29H21F4N5O7S. The molecule has 2 amide bonds. The molecule has 3 aromatic carbocycles. The molecule has 2 saturated heterocycles. The number of aromatic nitrogens is 1. The van der Waals surface area contributed by atoms with Crippen LogP contribution in [-0.2, 0) is 0 Å². The molecule has 5 heterocycles. The van der Waals surface area contributed by atoms with E-state index < -0.39 is 35.9 Å². The minimum Gasteiger partial charge on any atom is -0.496 e. The van der Waals surface area contributed by atoms with Crippen LogP contribution < -0.4 is 44.5 Å². The van der Waals surface area contributed by atoms with Crippen molar-refractivity contribution in [3.05, 3.63) is 53.6 Å². The maximum absolute atomic E-state index is 14.0. The topological polar surface area (TPSA) is 133 Å². The number of rotatable bonds is 6. The number of halogens is 4. The number of thiazole rings is 1. The van der Waals surface area contributed by atoms with E-state index in [1.807, 2.05) is 0 Å². The lowest BCUT2D eigenvalue weighted by atomic mass is 9.90. The van der Waals surface area contributed by atoms with Gasteiger partial charge in [-0.15, -0.1) is 17.6 Å². The third-order valence-corrected chi connectivity index (χ3v) is 9.06. The number of alkyl halides is 4. The van der Waals surface area contributed by atoms with Gasteiger partial charge in [-0.1, -0.05) is 11.3 Å². The first kappa shape index (κ1) is 28.4. The Labute approximate surface area is 260 Å². The zero-order chi connectivity index (χ0) is 32.0. The second-order valence-corrected chi connectivity index (χ2v) is 11.8. The van der Waals surface area contributed by atoms with Crippen molar-refractivity contribution in [1.29, 1.82) is 0 Å². The normalized spacial score (nSPS) is 21.1. The van der Waals surface area contributed by atoms with Crippen LogP contribution >= 0.6 is 11.3 Å².